The number of hydrogen-bond acceptors (Lipinski definition) is 4. The van der Waals surface area contributed by atoms with Gasteiger partial charge in [0, 0.05) is 25.7 Å². The molecule has 1 fully saturated rings. The molecule has 1 aliphatic rings. The number of halogens is 1. The summed E-state index contributed by atoms with van der Waals surface area (Å²) in [5.74, 6) is -0.372. The Kier molecular flexibility index (Phi) is 6.85. The predicted molar refractivity (Wildman–Crippen MR) is 93.0 cm³/mol. The lowest BCUT2D eigenvalue weighted by atomic mass is 10.1. The van der Waals surface area contributed by atoms with E-state index in [9.17, 15) is 14.3 Å². The summed E-state index contributed by atoms with van der Waals surface area (Å²) in [5, 5.41) is 15.7. The molecule has 0 bridgehead atoms. The summed E-state index contributed by atoms with van der Waals surface area (Å²) in [6.45, 7) is 4.24. The Bertz CT molecular complexity index is 616. The zero-order chi connectivity index (χ0) is 18.2. The molecular formula is C17H25FN4O3. The van der Waals surface area contributed by atoms with Crippen molar-refractivity contribution in [3.63, 3.8) is 0 Å². The van der Waals surface area contributed by atoms with Crippen molar-refractivity contribution in [2.75, 3.05) is 26.7 Å². The van der Waals surface area contributed by atoms with Gasteiger partial charge in [0.15, 0.2) is 17.5 Å². The van der Waals surface area contributed by atoms with E-state index in [4.69, 9.17) is 4.74 Å². The van der Waals surface area contributed by atoms with Crippen molar-refractivity contribution >= 4 is 12.1 Å². The number of phenolic OH excluding ortho intramolecular Hbond substituents is 1. The maximum absolute atomic E-state index is 13.4. The van der Waals surface area contributed by atoms with Gasteiger partial charge < -0.3 is 25.4 Å². The summed E-state index contributed by atoms with van der Waals surface area (Å²) in [7, 11) is 1.38. The Morgan fingerprint density at radius 1 is 1.44 bits per heavy atom. The van der Waals surface area contributed by atoms with Crippen LogP contribution < -0.4 is 10.6 Å². The summed E-state index contributed by atoms with van der Waals surface area (Å²) in [6, 6.07) is 4.44. The van der Waals surface area contributed by atoms with Gasteiger partial charge in [0.2, 0.25) is 0 Å². The maximum atomic E-state index is 13.4. The minimum absolute atomic E-state index is 0.204. The molecular weight excluding hydrogens is 327 g/mol. The van der Waals surface area contributed by atoms with Crippen molar-refractivity contribution in [2.24, 2.45) is 4.99 Å². The number of rotatable bonds is 4. The Hall–Kier alpha value is -2.51. The second kappa shape index (κ2) is 9.10. The second-order valence-electron chi connectivity index (χ2n) is 5.86. The van der Waals surface area contributed by atoms with Crippen molar-refractivity contribution in [1.82, 2.24) is 15.5 Å². The number of nitrogens with one attached hydrogen (secondary N) is 2. The molecule has 1 aromatic carbocycles. The quantitative estimate of drug-likeness (QED) is 0.568. The van der Waals surface area contributed by atoms with Crippen molar-refractivity contribution in [3.05, 3.63) is 29.6 Å². The highest BCUT2D eigenvalue weighted by atomic mass is 19.1. The van der Waals surface area contributed by atoms with Gasteiger partial charge in [-0.25, -0.2) is 14.2 Å². The zero-order valence-electron chi connectivity index (χ0n) is 14.6. The molecule has 3 N–H and O–H groups in total. The third-order valence-electron chi connectivity index (χ3n) is 4.04. The SMILES string of the molecule is CCNC(=NCc1ccc(O)c(F)c1)NC1CCN(C(=O)OC)CC1. The van der Waals surface area contributed by atoms with Gasteiger partial charge in [-0.1, -0.05) is 6.07 Å². The summed E-state index contributed by atoms with van der Waals surface area (Å²) in [6.07, 6.45) is 1.30. The van der Waals surface area contributed by atoms with Crippen molar-refractivity contribution in [1.29, 1.82) is 0 Å². The van der Waals surface area contributed by atoms with E-state index in [1.807, 2.05) is 6.92 Å². The third kappa shape index (κ3) is 5.51. The number of benzene rings is 1. The molecule has 2 rings (SSSR count). The van der Waals surface area contributed by atoms with Crippen LogP contribution in [0.5, 0.6) is 5.75 Å². The Morgan fingerprint density at radius 2 is 2.16 bits per heavy atom. The number of hydrogen-bond donors (Lipinski definition) is 3. The van der Waals surface area contributed by atoms with Crippen molar-refractivity contribution in [3.8, 4) is 5.75 Å². The molecule has 1 saturated heterocycles. The van der Waals surface area contributed by atoms with Gasteiger partial charge in [0.05, 0.1) is 13.7 Å². The van der Waals surface area contributed by atoms with E-state index < -0.39 is 5.82 Å². The first-order valence-electron chi connectivity index (χ1n) is 8.38. The fraction of sp³-hybridized carbons (Fsp3) is 0.529. The zero-order valence-corrected chi connectivity index (χ0v) is 14.6. The fourth-order valence-electron chi connectivity index (χ4n) is 2.67. The number of aliphatic imine (C=N–C) groups is 1. The first kappa shape index (κ1) is 18.8. The molecule has 0 radical (unpaired) electrons. The number of carbonyl (C=O) groups is 1. The van der Waals surface area contributed by atoms with E-state index in [-0.39, 0.29) is 17.9 Å². The van der Waals surface area contributed by atoms with Gasteiger partial charge in [-0.3, -0.25) is 0 Å². The number of likely N-dealkylation sites (tertiary alicyclic amines) is 1. The summed E-state index contributed by atoms with van der Waals surface area (Å²) in [5.41, 5.74) is 0.674. The molecule has 1 aromatic rings. The van der Waals surface area contributed by atoms with Gasteiger partial charge in [-0.05, 0) is 37.5 Å². The number of nitrogens with zero attached hydrogens (tertiary/aromatic N) is 2. The molecule has 0 aliphatic carbocycles. The lowest BCUT2D eigenvalue weighted by molar-refractivity contribution is 0.111. The van der Waals surface area contributed by atoms with E-state index in [1.54, 1.807) is 11.0 Å². The minimum Gasteiger partial charge on any atom is -0.505 e. The van der Waals surface area contributed by atoms with E-state index in [1.165, 1.54) is 19.2 Å². The molecule has 7 nitrogen and oxygen atoms in total. The van der Waals surface area contributed by atoms with Gasteiger partial charge in [-0.2, -0.15) is 0 Å². The summed E-state index contributed by atoms with van der Waals surface area (Å²) >= 11 is 0. The van der Waals surface area contributed by atoms with Crippen LogP contribution in [-0.4, -0.2) is 54.8 Å². The normalized spacial score (nSPS) is 15.8. The first-order valence-corrected chi connectivity index (χ1v) is 8.38. The van der Waals surface area contributed by atoms with Crippen LogP contribution in [0.3, 0.4) is 0 Å². The number of phenols is 1. The van der Waals surface area contributed by atoms with Crippen LogP contribution in [0.1, 0.15) is 25.3 Å². The average Bonchev–Trinajstić information content (AvgIpc) is 2.62. The number of ether oxygens (including phenoxy) is 1. The number of piperidine rings is 1. The lowest BCUT2D eigenvalue weighted by Crippen LogP contribution is -2.49. The van der Waals surface area contributed by atoms with E-state index >= 15 is 0 Å². The van der Waals surface area contributed by atoms with E-state index in [0.29, 0.717) is 37.7 Å². The highest BCUT2D eigenvalue weighted by Crippen LogP contribution is 2.16. The first-order chi connectivity index (χ1) is 12.0. The largest absolute Gasteiger partial charge is 0.505 e. The standard InChI is InChI=1S/C17H25FN4O3/c1-3-19-16(20-11-12-4-5-15(23)14(18)10-12)21-13-6-8-22(9-7-13)17(24)25-2/h4-5,10,13,23H,3,6-9,11H2,1-2H3,(H2,19,20,21). The molecule has 0 spiro atoms. The van der Waals surface area contributed by atoms with Crippen LogP contribution in [0.15, 0.2) is 23.2 Å². The molecule has 0 saturated carbocycles. The predicted octanol–water partition coefficient (Wildman–Crippen LogP) is 1.82. The molecule has 1 amide bonds. The van der Waals surface area contributed by atoms with Crippen LogP contribution in [0, 0.1) is 5.82 Å². The van der Waals surface area contributed by atoms with E-state index in [2.05, 4.69) is 15.6 Å². The highest BCUT2D eigenvalue weighted by Gasteiger charge is 2.23. The fourth-order valence-corrected chi connectivity index (χ4v) is 2.67. The molecule has 0 aromatic heterocycles. The minimum atomic E-state index is -0.652. The Balaban J connectivity index is 1.92. The molecule has 1 aliphatic heterocycles. The Labute approximate surface area is 146 Å². The number of amides is 1. The Morgan fingerprint density at radius 3 is 2.76 bits per heavy atom. The smallest absolute Gasteiger partial charge is 0.409 e. The molecule has 1 heterocycles. The average molecular weight is 352 g/mol. The summed E-state index contributed by atoms with van der Waals surface area (Å²) in [4.78, 5) is 17.6. The van der Waals surface area contributed by atoms with Crippen LogP contribution in [0.25, 0.3) is 0 Å². The molecule has 8 heteroatoms. The van der Waals surface area contributed by atoms with Crippen LogP contribution in [0.2, 0.25) is 0 Å². The van der Waals surface area contributed by atoms with Gasteiger partial charge in [0.25, 0.3) is 0 Å². The van der Waals surface area contributed by atoms with Gasteiger partial charge >= 0.3 is 6.09 Å². The molecule has 25 heavy (non-hydrogen) atoms. The molecule has 0 atom stereocenters. The lowest BCUT2D eigenvalue weighted by Gasteiger charge is -2.32. The van der Waals surface area contributed by atoms with Crippen molar-refractivity contribution in [2.45, 2.75) is 32.4 Å². The van der Waals surface area contributed by atoms with Crippen LogP contribution in [-0.2, 0) is 11.3 Å². The van der Waals surface area contributed by atoms with Crippen molar-refractivity contribution < 1.29 is 19.0 Å². The van der Waals surface area contributed by atoms with Gasteiger partial charge in [0.1, 0.15) is 0 Å². The van der Waals surface area contributed by atoms with Gasteiger partial charge in [-0.15, -0.1) is 0 Å². The number of guanidine groups is 1. The third-order valence-corrected chi connectivity index (χ3v) is 4.04. The van der Waals surface area contributed by atoms with Crippen LogP contribution in [0.4, 0.5) is 9.18 Å². The number of aromatic hydroxyl groups is 1. The van der Waals surface area contributed by atoms with Crippen LogP contribution >= 0.6 is 0 Å². The van der Waals surface area contributed by atoms with E-state index in [0.717, 1.165) is 12.8 Å². The highest BCUT2D eigenvalue weighted by molar-refractivity contribution is 5.80. The monoisotopic (exact) mass is 352 g/mol. The molecule has 0 unspecified atom stereocenters. The number of methoxy groups -OCH3 is 1. The maximum Gasteiger partial charge on any atom is 0.409 e. The second-order valence-corrected chi connectivity index (χ2v) is 5.86. The topological polar surface area (TPSA) is 86.2 Å². The number of carbonyl (C=O) groups excluding carboxylic acids is 1. The summed E-state index contributed by atoms with van der Waals surface area (Å²) < 4.78 is 18.1. The molecule has 138 valence electrons.